The lowest BCUT2D eigenvalue weighted by atomic mass is 10.1. The molecule has 1 aliphatic carbocycles. The lowest BCUT2D eigenvalue weighted by Gasteiger charge is -2.17. The van der Waals surface area contributed by atoms with Gasteiger partial charge in [0.25, 0.3) is 0 Å². The Labute approximate surface area is 121 Å². The molecule has 0 unspecified atom stereocenters. The van der Waals surface area contributed by atoms with Crippen molar-refractivity contribution >= 4 is 16.5 Å². The third-order valence-corrected chi connectivity index (χ3v) is 4.54. The fraction of sp³-hybridized carbons (Fsp3) is 0.800. The second-order valence-corrected chi connectivity index (χ2v) is 7.45. The zero-order valence-corrected chi connectivity index (χ0v) is 13.7. The molecule has 0 aliphatic heterocycles. The first-order valence-corrected chi connectivity index (χ1v) is 8.23. The van der Waals surface area contributed by atoms with Crippen molar-refractivity contribution in [3.05, 3.63) is 10.6 Å². The number of thiazole rings is 1. The second kappa shape index (κ2) is 6.23. The third-order valence-electron chi connectivity index (χ3n) is 3.36. The molecule has 0 amide bonds. The first-order chi connectivity index (χ1) is 8.97. The largest absolute Gasteiger partial charge is 0.351 e. The molecule has 2 rings (SSSR count). The van der Waals surface area contributed by atoms with Crippen molar-refractivity contribution in [2.75, 3.05) is 18.5 Å². The number of anilines is 1. The quantitative estimate of drug-likeness (QED) is 0.827. The minimum absolute atomic E-state index is 0.508. The normalized spacial score (nSPS) is 15.5. The van der Waals surface area contributed by atoms with Crippen molar-refractivity contribution < 1.29 is 0 Å². The Balaban J connectivity index is 2.08. The molecule has 1 aliphatic rings. The van der Waals surface area contributed by atoms with Crippen LogP contribution in [0.4, 0.5) is 5.13 Å². The smallest absolute Gasteiger partial charge is 0.185 e. The molecular formula is C15H27N3S. The Bertz CT molecular complexity index is 408. The summed E-state index contributed by atoms with van der Waals surface area (Å²) in [6.07, 6.45) is 2.69. The highest BCUT2D eigenvalue weighted by atomic mass is 32.1. The van der Waals surface area contributed by atoms with Gasteiger partial charge in [0, 0.05) is 31.1 Å². The zero-order valence-electron chi connectivity index (χ0n) is 12.9. The van der Waals surface area contributed by atoms with Crippen LogP contribution in [0.5, 0.6) is 0 Å². The summed E-state index contributed by atoms with van der Waals surface area (Å²) in [7, 11) is 2.15. The van der Waals surface area contributed by atoms with Crippen molar-refractivity contribution in [1.82, 2.24) is 10.3 Å². The highest BCUT2D eigenvalue weighted by Crippen LogP contribution is 2.31. The lowest BCUT2D eigenvalue weighted by Crippen LogP contribution is -2.22. The lowest BCUT2D eigenvalue weighted by molar-refractivity contribution is 0.636. The molecule has 108 valence electrons. The molecule has 19 heavy (non-hydrogen) atoms. The zero-order chi connectivity index (χ0) is 14.0. The molecule has 0 radical (unpaired) electrons. The number of aromatic nitrogens is 1. The molecule has 0 saturated heterocycles. The SMILES string of the molecule is CC(C)CN(C)c1nc(C(C)C)c(CNC2CC2)s1. The Morgan fingerprint density at radius 1 is 1.32 bits per heavy atom. The molecule has 1 aromatic heterocycles. The van der Waals surface area contributed by atoms with Gasteiger partial charge in [0.05, 0.1) is 5.69 Å². The van der Waals surface area contributed by atoms with Crippen LogP contribution in [0.15, 0.2) is 0 Å². The van der Waals surface area contributed by atoms with Crippen molar-refractivity contribution in [1.29, 1.82) is 0 Å². The highest BCUT2D eigenvalue weighted by molar-refractivity contribution is 7.15. The van der Waals surface area contributed by atoms with Gasteiger partial charge in [-0.1, -0.05) is 27.7 Å². The molecular weight excluding hydrogens is 254 g/mol. The maximum absolute atomic E-state index is 4.87. The summed E-state index contributed by atoms with van der Waals surface area (Å²) in [5.41, 5.74) is 1.28. The van der Waals surface area contributed by atoms with Gasteiger partial charge in [0.1, 0.15) is 0 Å². The van der Waals surface area contributed by atoms with E-state index in [0.717, 1.165) is 19.1 Å². The van der Waals surface area contributed by atoms with E-state index in [9.17, 15) is 0 Å². The van der Waals surface area contributed by atoms with Gasteiger partial charge in [-0.3, -0.25) is 0 Å². The molecule has 1 heterocycles. The Morgan fingerprint density at radius 2 is 2.00 bits per heavy atom. The maximum Gasteiger partial charge on any atom is 0.185 e. The summed E-state index contributed by atoms with van der Waals surface area (Å²) in [6, 6.07) is 0.763. The fourth-order valence-electron chi connectivity index (χ4n) is 2.24. The van der Waals surface area contributed by atoms with Gasteiger partial charge in [0.15, 0.2) is 5.13 Å². The van der Waals surface area contributed by atoms with Crippen molar-refractivity contribution in [2.24, 2.45) is 5.92 Å². The Kier molecular flexibility index (Phi) is 4.85. The Hall–Kier alpha value is -0.610. The number of hydrogen-bond acceptors (Lipinski definition) is 4. The van der Waals surface area contributed by atoms with Gasteiger partial charge in [-0.2, -0.15) is 0 Å². The average molecular weight is 281 g/mol. The van der Waals surface area contributed by atoms with Crippen LogP contribution in [-0.4, -0.2) is 24.6 Å². The summed E-state index contributed by atoms with van der Waals surface area (Å²) in [5, 5.41) is 4.78. The highest BCUT2D eigenvalue weighted by Gasteiger charge is 2.22. The fourth-order valence-corrected chi connectivity index (χ4v) is 3.38. The third kappa shape index (κ3) is 4.18. The standard InChI is InChI=1S/C15H27N3S/c1-10(2)9-18(5)15-17-14(11(3)4)13(19-15)8-16-12-6-7-12/h10-12,16H,6-9H2,1-5H3. The van der Waals surface area contributed by atoms with E-state index in [-0.39, 0.29) is 0 Å². The van der Waals surface area contributed by atoms with Crippen molar-refractivity contribution in [2.45, 2.75) is 59.0 Å². The van der Waals surface area contributed by atoms with Crippen LogP contribution in [0.25, 0.3) is 0 Å². The van der Waals surface area contributed by atoms with Crippen LogP contribution >= 0.6 is 11.3 Å². The summed E-state index contributed by atoms with van der Waals surface area (Å²) < 4.78 is 0. The van der Waals surface area contributed by atoms with Crippen LogP contribution in [0, 0.1) is 5.92 Å². The molecule has 1 saturated carbocycles. The first kappa shape index (κ1) is 14.8. The van der Waals surface area contributed by atoms with Gasteiger partial charge in [-0.05, 0) is 24.7 Å². The Morgan fingerprint density at radius 3 is 2.53 bits per heavy atom. The van der Waals surface area contributed by atoms with Crippen LogP contribution < -0.4 is 10.2 Å². The molecule has 1 N–H and O–H groups in total. The molecule has 1 aromatic rings. The molecule has 4 heteroatoms. The summed E-state index contributed by atoms with van der Waals surface area (Å²) in [6.45, 7) is 11.0. The minimum Gasteiger partial charge on any atom is -0.351 e. The number of rotatable bonds is 7. The molecule has 0 bridgehead atoms. The summed E-state index contributed by atoms with van der Waals surface area (Å²) in [4.78, 5) is 8.58. The van der Waals surface area contributed by atoms with E-state index in [1.54, 1.807) is 0 Å². The predicted molar refractivity (Wildman–Crippen MR) is 84.2 cm³/mol. The number of nitrogens with zero attached hydrogens (tertiary/aromatic N) is 2. The molecule has 1 fully saturated rings. The number of nitrogens with one attached hydrogen (secondary N) is 1. The first-order valence-electron chi connectivity index (χ1n) is 7.41. The average Bonchev–Trinajstić information content (AvgIpc) is 3.03. The monoisotopic (exact) mass is 281 g/mol. The molecule has 0 aromatic carbocycles. The topological polar surface area (TPSA) is 28.2 Å². The van der Waals surface area contributed by atoms with Crippen LogP contribution in [0.1, 0.15) is 57.0 Å². The molecule has 0 atom stereocenters. The van der Waals surface area contributed by atoms with E-state index in [4.69, 9.17) is 4.98 Å². The predicted octanol–water partition coefficient (Wildman–Crippen LogP) is 3.61. The van der Waals surface area contributed by atoms with E-state index in [1.165, 1.54) is 28.5 Å². The molecule has 3 nitrogen and oxygen atoms in total. The van der Waals surface area contributed by atoms with E-state index in [2.05, 4.69) is 45.0 Å². The van der Waals surface area contributed by atoms with Gasteiger partial charge in [0.2, 0.25) is 0 Å². The molecule has 0 spiro atoms. The second-order valence-electron chi connectivity index (χ2n) is 6.39. The van der Waals surface area contributed by atoms with Gasteiger partial charge in [-0.15, -0.1) is 11.3 Å². The van der Waals surface area contributed by atoms with Crippen molar-refractivity contribution in [3.63, 3.8) is 0 Å². The van der Waals surface area contributed by atoms with Crippen LogP contribution in [0.3, 0.4) is 0 Å². The summed E-state index contributed by atoms with van der Waals surface area (Å²) in [5.74, 6) is 1.18. The van der Waals surface area contributed by atoms with E-state index >= 15 is 0 Å². The van der Waals surface area contributed by atoms with Crippen LogP contribution in [-0.2, 0) is 6.54 Å². The van der Waals surface area contributed by atoms with Gasteiger partial charge >= 0.3 is 0 Å². The number of hydrogen-bond donors (Lipinski definition) is 1. The maximum atomic E-state index is 4.87. The van der Waals surface area contributed by atoms with Crippen LogP contribution in [0.2, 0.25) is 0 Å². The minimum atomic E-state index is 0.508. The summed E-state index contributed by atoms with van der Waals surface area (Å²) >= 11 is 1.86. The van der Waals surface area contributed by atoms with Gasteiger partial charge in [-0.25, -0.2) is 4.98 Å². The van der Waals surface area contributed by atoms with E-state index in [0.29, 0.717) is 11.8 Å². The van der Waals surface area contributed by atoms with E-state index in [1.807, 2.05) is 11.3 Å². The van der Waals surface area contributed by atoms with E-state index < -0.39 is 0 Å². The van der Waals surface area contributed by atoms with Gasteiger partial charge < -0.3 is 10.2 Å². The van der Waals surface area contributed by atoms with Crippen molar-refractivity contribution in [3.8, 4) is 0 Å².